The summed E-state index contributed by atoms with van der Waals surface area (Å²) in [6.45, 7) is 1.44. The van der Waals surface area contributed by atoms with Crippen molar-refractivity contribution in [2.24, 2.45) is 0 Å². The van der Waals surface area contributed by atoms with E-state index in [1.54, 1.807) is 18.2 Å². The number of carbonyl (C=O) groups excluding carboxylic acids is 2. The number of ether oxygens (including phenoxy) is 1. The van der Waals surface area contributed by atoms with Gasteiger partial charge in [0.2, 0.25) is 0 Å². The number of esters is 1. The van der Waals surface area contributed by atoms with Crippen LogP contribution in [0.4, 0.5) is 10.1 Å². The molecule has 1 N–H and O–H groups in total. The zero-order valence-corrected chi connectivity index (χ0v) is 15.4. The SMILES string of the molecule is C[C@@H](OC(=O)CSc1ccccc1F)C(=O)Nc1cc(Cl)cc(Cl)c1. The number of carbonyl (C=O) groups is 2. The fourth-order valence-corrected chi connectivity index (χ4v) is 3.10. The Morgan fingerprint density at radius 1 is 1.20 bits per heavy atom. The fraction of sp³-hybridized carbons (Fsp3) is 0.176. The highest BCUT2D eigenvalue weighted by Gasteiger charge is 2.18. The van der Waals surface area contributed by atoms with E-state index in [2.05, 4.69) is 5.32 Å². The molecule has 0 radical (unpaired) electrons. The Bertz CT molecular complexity index is 768. The Morgan fingerprint density at radius 2 is 1.84 bits per heavy atom. The van der Waals surface area contributed by atoms with Gasteiger partial charge >= 0.3 is 5.97 Å². The van der Waals surface area contributed by atoms with Gasteiger partial charge in [-0.25, -0.2) is 4.39 Å². The number of rotatable bonds is 6. The molecule has 1 amide bonds. The van der Waals surface area contributed by atoms with Crippen LogP contribution in [-0.4, -0.2) is 23.7 Å². The first-order valence-electron chi connectivity index (χ1n) is 7.19. The Kier molecular flexibility index (Phi) is 7.11. The molecule has 2 aromatic carbocycles. The summed E-state index contributed by atoms with van der Waals surface area (Å²) < 4.78 is 18.5. The van der Waals surface area contributed by atoms with Crippen molar-refractivity contribution in [3.05, 3.63) is 58.3 Å². The number of thioether (sulfide) groups is 1. The third kappa shape index (κ3) is 6.23. The lowest BCUT2D eigenvalue weighted by atomic mass is 10.3. The van der Waals surface area contributed by atoms with Crippen molar-refractivity contribution >= 4 is 52.5 Å². The summed E-state index contributed by atoms with van der Waals surface area (Å²) in [5.74, 6) is -1.67. The highest BCUT2D eigenvalue weighted by molar-refractivity contribution is 8.00. The molecule has 0 fully saturated rings. The molecule has 0 aliphatic heterocycles. The van der Waals surface area contributed by atoms with Gasteiger partial charge in [0, 0.05) is 20.6 Å². The van der Waals surface area contributed by atoms with Crippen LogP contribution in [0.25, 0.3) is 0 Å². The van der Waals surface area contributed by atoms with Crippen molar-refractivity contribution < 1.29 is 18.7 Å². The molecule has 132 valence electrons. The first-order chi connectivity index (χ1) is 11.8. The summed E-state index contributed by atoms with van der Waals surface area (Å²) in [5, 5.41) is 3.30. The Morgan fingerprint density at radius 3 is 2.48 bits per heavy atom. The number of hydrogen-bond donors (Lipinski definition) is 1. The summed E-state index contributed by atoms with van der Waals surface area (Å²) in [5.41, 5.74) is 0.395. The number of anilines is 1. The van der Waals surface area contributed by atoms with Gasteiger partial charge in [-0.15, -0.1) is 11.8 Å². The average Bonchev–Trinajstić information content (AvgIpc) is 2.53. The third-order valence-electron chi connectivity index (χ3n) is 2.99. The number of hydrogen-bond acceptors (Lipinski definition) is 4. The molecule has 4 nitrogen and oxygen atoms in total. The quantitative estimate of drug-likeness (QED) is 0.558. The molecular formula is C17H14Cl2FNO3S. The summed E-state index contributed by atoms with van der Waals surface area (Å²) in [6.07, 6.45) is -1.02. The van der Waals surface area contributed by atoms with Crippen molar-refractivity contribution in [3.63, 3.8) is 0 Å². The van der Waals surface area contributed by atoms with Crippen molar-refractivity contribution in [1.82, 2.24) is 0 Å². The van der Waals surface area contributed by atoms with E-state index in [0.717, 1.165) is 11.8 Å². The minimum Gasteiger partial charge on any atom is -0.452 e. The van der Waals surface area contributed by atoms with E-state index in [1.165, 1.54) is 31.2 Å². The minimum absolute atomic E-state index is 0.110. The normalized spacial score (nSPS) is 11.7. The molecule has 0 unspecified atom stereocenters. The molecule has 0 aliphatic carbocycles. The lowest BCUT2D eigenvalue weighted by Gasteiger charge is -2.14. The summed E-state index contributed by atoms with van der Waals surface area (Å²) in [7, 11) is 0. The molecule has 0 heterocycles. The van der Waals surface area contributed by atoms with E-state index in [1.807, 2.05) is 0 Å². The van der Waals surface area contributed by atoms with Gasteiger partial charge in [-0.3, -0.25) is 9.59 Å². The van der Waals surface area contributed by atoms with Gasteiger partial charge in [-0.2, -0.15) is 0 Å². The van der Waals surface area contributed by atoms with Crippen LogP contribution in [0.5, 0.6) is 0 Å². The number of nitrogens with one attached hydrogen (secondary N) is 1. The van der Waals surface area contributed by atoms with E-state index in [-0.39, 0.29) is 5.75 Å². The van der Waals surface area contributed by atoms with Gasteiger partial charge in [0.15, 0.2) is 6.10 Å². The van der Waals surface area contributed by atoms with Crippen LogP contribution >= 0.6 is 35.0 Å². The molecule has 1 atom stereocenters. The van der Waals surface area contributed by atoms with Gasteiger partial charge in [-0.05, 0) is 37.3 Å². The van der Waals surface area contributed by atoms with E-state index in [9.17, 15) is 14.0 Å². The van der Waals surface area contributed by atoms with Gasteiger partial charge in [0.25, 0.3) is 5.91 Å². The Hall–Kier alpha value is -1.76. The van der Waals surface area contributed by atoms with Crippen molar-refractivity contribution in [3.8, 4) is 0 Å². The van der Waals surface area contributed by atoms with Crippen LogP contribution < -0.4 is 5.32 Å². The fourth-order valence-electron chi connectivity index (χ4n) is 1.85. The minimum atomic E-state index is -1.02. The molecule has 2 rings (SSSR count). The maximum absolute atomic E-state index is 13.5. The van der Waals surface area contributed by atoms with Crippen molar-refractivity contribution in [2.75, 3.05) is 11.1 Å². The van der Waals surface area contributed by atoms with Gasteiger partial charge in [0.05, 0.1) is 5.75 Å². The second-order valence-electron chi connectivity index (χ2n) is 5.00. The van der Waals surface area contributed by atoms with E-state index in [0.29, 0.717) is 20.6 Å². The molecule has 0 saturated heterocycles. The van der Waals surface area contributed by atoms with E-state index >= 15 is 0 Å². The summed E-state index contributed by atoms with van der Waals surface area (Å²) in [4.78, 5) is 24.2. The third-order valence-corrected chi connectivity index (χ3v) is 4.45. The summed E-state index contributed by atoms with van der Waals surface area (Å²) in [6, 6.07) is 10.7. The van der Waals surface area contributed by atoms with Crippen LogP contribution in [-0.2, 0) is 14.3 Å². The average molecular weight is 402 g/mol. The Labute approximate surface area is 158 Å². The maximum Gasteiger partial charge on any atom is 0.317 e. The standard InChI is InChI=1S/C17H14Cl2FNO3S/c1-10(17(23)21-13-7-11(18)6-12(19)8-13)24-16(22)9-25-15-5-3-2-4-14(15)20/h2-8,10H,9H2,1H3,(H,21,23)/t10-/m1/s1. The number of benzene rings is 2. The van der Waals surface area contributed by atoms with E-state index in [4.69, 9.17) is 27.9 Å². The molecule has 0 aliphatic rings. The zero-order chi connectivity index (χ0) is 18.4. The van der Waals surface area contributed by atoms with Crippen LogP contribution in [0.3, 0.4) is 0 Å². The number of halogens is 3. The van der Waals surface area contributed by atoms with Crippen LogP contribution in [0.2, 0.25) is 10.0 Å². The predicted molar refractivity (Wildman–Crippen MR) is 97.8 cm³/mol. The lowest BCUT2D eigenvalue weighted by molar-refractivity contribution is -0.150. The Balaban J connectivity index is 1.85. The van der Waals surface area contributed by atoms with Crippen molar-refractivity contribution in [1.29, 1.82) is 0 Å². The second-order valence-corrected chi connectivity index (χ2v) is 6.89. The summed E-state index contributed by atoms with van der Waals surface area (Å²) >= 11 is 12.7. The molecule has 0 bridgehead atoms. The molecule has 0 spiro atoms. The van der Waals surface area contributed by atoms with Crippen LogP contribution in [0.1, 0.15) is 6.92 Å². The highest BCUT2D eigenvalue weighted by atomic mass is 35.5. The topological polar surface area (TPSA) is 55.4 Å². The van der Waals surface area contributed by atoms with E-state index < -0.39 is 23.8 Å². The van der Waals surface area contributed by atoms with Gasteiger partial charge in [-0.1, -0.05) is 35.3 Å². The molecule has 8 heteroatoms. The molecule has 0 aromatic heterocycles. The lowest BCUT2D eigenvalue weighted by Crippen LogP contribution is -2.30. The molecular weight excluding hydrogens is 388 g/mol. The monoisotopic (exact) mass is 401 g/mol. The maximum atomic E-state index is 13.5. The number of amides is 1. The molecule has 25 heavy (non-hydrogen) atoms. The smallest absolute Gasteiger partial charge is 0.317 e. The van der Waals surface area contributed by atoms with Crippen LogP contribution in [0.15, 0.2) is 47.4 Å². The van der Waals surface area contributed by atoms with Crippen LogP contribution in [0, 0.1) is 5.82 Å². The first kappa shape index (κ1) is 19.6. The predicted octanol–water partition coefficient (Wildman–Crippen LogP) is 4.80. The van der Waals surface area contributed by atoms with Gasteiger partial charge < -0.3 is 10.1 Å². The van der Waals surface area contributed by atoms with Gasteiger partial charge in [0.1, 0.15) is 5.82 Å². The second kappa shape index (κ2) is 9.08. The zero-order valence-electron chi connectivity index (χ0n) is 13.1. The largest absolute Gasteiger partial charge is 0.452 e. The highest BCUT2D eigenvalue weighted by Crippen LogP contribution is 2.23. The van der Waals surface area contributed by atoms with Crippen molar-refractivity contribution in [2.45, 2.75) is 17.9 Å². The first-order valence-corrected chi connectivity index (χ1v) is 8.93. The molecule has 2 aromatic rings. The molecule has 0 saturated carbocycles.